The molecule has 2 rings (SSSR count). The number of pyridine rings is 1. The third-order valence-corrected chi connectivity index (χ3v) is 2.63. The number of nitrogens with zero attached hydrogens (tertiary/aromatic N) is 2. The van der Waals surface area contributed by atoms with Crippen LogP contribution in [0.25, 0.3) is 0 Å². The first-order chi connectivity index (χ1) is 10.2. The van der Waals surface area contributed by atoms with E-state index in [1.54, 1.807) is 7.05 Å². The Morgan fingerprint density at radius 1 is 1.14 bits per heavy atom. The van der Waals surface area contributed by atoms with Gasteiger partial charge < -0.3 is 14.8 Å². The molecule has 0 aliphatic carbocycles. The molecular formula is C14H15N3O4. The first-order valence-electron chi connectivity index (χ1n) is 6.34. The quantitative estimate of drug-likeness (QED) is 0.479. The highest BCUT2D eigenvalue weighted by molar-refractivity contribution is 5.48. The average molecular weight is 289 g/mol. The number of rotatable bonds is 7. The van der Waals surface area contributed by atoms with Crippen molar-refractivity contribution in [1.82, 2.24) is 4.98 Å². The predicted molar refractivity (Wildman–Crippen MR) is 77.9 cm³/mol. The van der Waals surface area contributed by atoms with Crippen molar-refractivity contribution in [2.24, 2.45) is 0 Å². The molecule has 21 heavy (non-hydrogen) atoms. The van der Waals surface area contributed by atoms with Crippen LogP contribution in [0.4, 0.5) is 11.5 Å². The first-order valence-corrected chi connectivity index (χ1v) is 6.34. The lowest BCUT2D eigenvalue weighted by atomic mass is 10.3. The van der Waals surface area contributed by atoms with Gasteiger partial charge in [-0.15, -0.1) is 0 Å². The van der Waals surface area contributed by atoms with Gasteiger partial charge in [0.2, 0.25) is 0 Å². The van der Waals surface area contributed by atoms with Crippen LogP contribution in [0.1, 0.15) is 0 Å². The molecule has 7 nitrogen and oxygen atoms in total. The summed E-state index contributed by atoms with van der Waals surface area (Å²) < 4.78 is 10.8. The first kappa shape index (κ1) is 14.6. The van der Waals surface area contributed by atoms with Crippen LogP contribution >= 0.6 is 0 Å². The molecule has 0 spiro atoms. The summed E-state index contributed by atoms with van der Waals surface area (Å²) in [6.07, 6.45) is 0. The Hall–Kier alpha value is -2.83. The minimum absolute atomic E-state index is 0.0245. The number of anilines is 1. The summed E-state index contributed by atoms with van der Waals surface area (Å²) >= 11 is 0. The van der Waals surface area contributed by atoms with Crippen LogP contribution in [-0.4, -0.2) is 30.2 Å². The van der Waals surface area contributed by atoms with E-state index in [-0.39, 0.29) is 24.8 Å². The van der Waals surface area contributed by atoms with E-state index in [4.69, 9.17) is 9.47 Å². The highest BCUT2D eigenvalue weighted by Crippen LogP contribution is 2.26. The maximum atomic E-state index is 10.9. The summed E-state index contributed by atoms with van der Waals surface area (Å²) in [4.78, 5) is 14.4. The molecule has 0 saturated carbocycles. The molecular weight excluding hydrogens is 274 g/mol. The van der Waals surface area contributed by atoms with Gasteiger partial charge in [-0.3, -0.25) is 10.1 Å². The van der Waals surface area contributed by atoms with Crippen molar-refractivity contribution in [3.63, 3.8) is 0 Å². The van der Waals surface area contributed by atoms with E-state index in [9.17, 15) is 10.1 Å². The number of aromatic nitrogens is 1. The molecule has 0 saturated heterocycles. The molecule has 1 heterocycles. The summed E-state index contributed by atoms with van der Waals surface area (Å²) in [7, 11) is 1.68. The van der Waals surface area contributed by atoms with E-state index in [1.807, 2.05) is 30.3 Å². The molecule has 7 heteroatoms. The maximum absolute atomic E-state index is 10.9. The normalized spacial score (nSPS) is 9.95. The number of ether oxygens (including phenoxy) is 2. The van der Waals surface area contributed by atoms with Crippen molar-refractivity contribution in [3.05, 3.63) is 52.6 Å². The summed E-state index contributed by atoms with van der Waals surface area (Å²) in [6.45, 7) is 0.433. The summed E-state index contributed by atoms with van der Waals surface area (Å²) in [5.41, 5.74) is -0.172. The van der Waals surface area contributed by atoms with Crippen LogP contribution in [-0.2, 0) is 0 Å². The highest BCUT2D eigenvalue weighted by atomic mass is 16.6. The van der Waals surface area contributed by atoms with Crippen molar-refractivity contribution in [3.8, 4) is 11.6 Å². The Labute approximate surface area is 121 Å². The number of para-hydroxylation sites is 1. The third-order valence-electron chi connectivity index (χ3n) is 2.63. The largest absolute Gasteiger partial charge is 0.490 e. The fraction of sp³-hybridized carbons (Fsp3) is 0.214. The van der Waals surface area contributed by atoms with Gasteiger partial charge in [0, 0.05) is 13.1 Å². The van der Waals surface area contributed by atoms with Gasteiger partial charge in [0.25, 0.3) is 5.88 Å². The zero-order valence-electron chi connectivity index (χ0n) is 11.5. The standard InChI is InChI=1S/C14H15N3O4/c1-15-13-8-7-12(17(18)19)14(16-13)21-10-9-20-11-5-3-2-4-6-11/h2-8H,9-10H2,1H3,(H,15,16). The topological polar surface area (TPSA) is 86.5 Å². The number of benzene rings is 1. The van der Waals surface area contributed by atoms with Gasteiger partial charge in [0.1, 0.15) is 24.8 Å². The molecule has 0 aliphatic rings. The Morgan fingerprint density at radius 2 is 1.86 bits per heavy atom. The molecule has 0 atom stereocenters. The minimum atomic E-state index is -0.528. The summed E-state index contributed by atoms with van der Waals surface area (Å²) in [5.74, 6) is 1.19. The van der Waals surface area contributed by atoms with Crippen LogP contribution in [0.5, 0.6) is 11.6 Å². The zero-order valence-corrected chi connectivity index (χ0v) is 11.5. The lowest BCUT2D eigenvalue weighted by molar-refractivity contribution is -0.386. The molecule has 110 valence electrons. The van der Waals surface area contributed by atoms with Crippen LogP contribution in [0.3, 0.4) is 0 Å². The van der Waals surface area contributed by atoms with Crippen LogP contribution in [0.15, 0.2) is 42.5 Å². The number of nitro groups is 1. The molecule has 1 aromatic carbocycles. The van der Waals surface area contributed by atoms with E-state index in [2.05, 4.69) is 10.3 Å². The van der Waals surface area contributed by atoms with E-state index < -0.39 is 4.92 Å². The molecule has 1 N–H and O–H groups in total. The van der Waals surface area contributed by atoms with Gasteiger partial charge in [-0.2, -0.15) is 4.98 Å². The van der Waals surface area contributed by atoms with E-state index >= 15 is 0 Å². The maximum Gasteiger partial charge on any atom is 0.331 e. The zero-order chi connectivity index (χ0) is 15.1. The number of nitrogens with one attached hydrogen (secondary N) is 1. The molecule has 0 aliphatic heterocycles. The number of hydrogen-bond donors (Lipinski definition) is 1. The van der Waals surface area contributed by atoms with Crippen LogP contribution < -0.4 is 14.8 Å². The van der Waals surface area contributed by atoms with Gasteiger partial charge in [-0.05, 0) is 18.2 Å². The molecule has 2 aromatic rings. The van der Waals surface area contributed by atoms with Gasteiger partial charge >= 0.3 is 5.69 Å². The van der Waals surface area contributed by atoms with Crippen LogP contribution in [0, 0.1) is 10.1 Å². The van der Waals surface area contributed by atoms with Crippen molar-refractivity contribution in [1.29, 1.82) is 0 Å². The van der Waals surface area contributed by atoms with Gasteiger partial charge in [-0.25, -0.2) is 0 Å². The monoisotopic (exact) mass is 289 g/mol. The Morgan fingerprint density at radius 3 is 2.52 bits per heavy atom. The fourth-order valence-corrected chi connectivity index (χ4v) is 1.63. The van der Waals surface area contributed by atoms with Crippen molar-refractivity contribution in [2.45, 2.75) is 0 Å². The molecule has 0 radical (unpaired) electrons. The van der Waals surface area contributed by atoms with E-state index in [0.29, 0.717) is 11.6 Å². The van der Waals surface area contributed by atoms with Gasteiger partial charge in [-0.1, -0.05) is 18.2 Å². The third kappa shape index (κ3) is 4.07. The fourth-order valence-electron chi connectivity index (χ4n) is 1.63. The second kappa shape index (κ2) is 7.09. The van der Waals surface area contributed by atoms with Crippen LogP contribution in [0.2, 0.25) is 0 Å². The second-order valence-electron chi connectivity index (χ2n) is 4.04. The lowest BCUT2D eigenvalue weighted by Crippen LogP contribution is -2.11. The predicted octanol–water partition coefficient (Wildman–Crippen LogP) is 2.49. The van der Waals surface area contributed by atoms with E-state index in [0.717, 1.165) is 0 Å². The summed E-state index contributed by atoms with van der Waals surface area (Å²) in [5, 5.41) is 13.7. The molecule has 0 amide bonds. The van der Waals surface area contributed by atoms with Crippen molar-refractivity contribution >= 4 is 11.5 Å². The SMILES string of the molecule is CNc1ccc([N+](=O)[O-])c(OCCOc2ccccc2)n1. The molecule has 0 fully saturated rings. The Bertz CT molecular complexity index is 604. The average Bonchev–Trinajstić information content (AvgIpc) is 2.52. The van der Waals surface area contributed by atoms with Gasteiger partial charge in [0.05, 0.1) is 4.92 Å². The molecule has 0 bridgehead atoms. The second-order valence-corrected chi connectivity index (χ2v) is 4.04. The smallest absolute Gasteiger partial charge is 0.331 e. The Balaban J connectivity index is 1.94. The molecule has 0 unspecified atom stereocenters. The minimum Gasteiger partial charge on any atom is -0.490 e. The van der Waals surface area contributed by atoms with Crippen molar-refractivity contribution < 1.29 is 14.4 Å². The van der Waals surface area contributed by atoms with Crippen molar-refractivity contribution in [2.75, 3.05) is 25.6 Å². The molecule has 1 aromatic heterocycles. The van der Waals surface area contributed by atoms with E-state index in [1.165, 1.54) is 12.1 Å². The lowest BCUT2D eigenvalue weighted by Gasteiger charge is -2.09. The highest BCUT2D eigenvalue weighted by Gasteiger charge is 2.17. The Kier molecular flexibility index (Phi) is 4.92. The van der Waals surface area contributed by atoms with Gasteiger partial charge in [0.15, 0.2) is 0 Å². The number of hydrogen-bond acceptors (Lipinski definition) is 6. The summed E-state index contributed by atoms with van der Waals surface area (Å²) in [6, 6.07) is 12.1.